The molecule has 1 fully saturated rings. The third kappa shape index (κ3) is 5.09. The zero-order valence-electron chi connectivity index (χ0n) is 14.6. The van der Waals surface area contributed by atoms with Crippen LogP contribution in [0.3, 0.4) is 0 Å². The SMILES string of the molecule is O=C(CN1CCNCC1c1cccc(F)c1)NCCc1ccc(F)cc1. The van der Waals surface area contributed by atoms with E-state index in [0.717, 1.165) is 24.2 Å². The van der Waals surface area contributed by atoms with Crippen LogP contribution >= 0.6 is 0 Å². The molecule has 3 rings (SSSR count). The summed E-state index contributed by atoms with van der Waals surface area (Å²) >= 11 is 0. The summed E-state index contributed by atoms with van der Waals surface area (Å²) in [6.45, 7) is 2.99. The molecule has 0 aliphatic carbocycles. The smallest absolute Gasteiger partial charge is 0.234 e. The second-order valence-electron chi connectivity index (χ2n) is 6.47. The van der Waals surface area contributed by atoms with Gasteiger partial charge in [-0.1, -0.05) is 24.3 Å². The van der Waals surface area contributed by atoms with Crippen molar-refractivity contribution in [3.8, 4) is 0 Å². The first kappa shape index (κ1) is 18.5. The molecule has 1 unspecified atom stereocenters. The number of carbonyl (C=O) groups is 1. The molecule has 26 heavy (non-hydrogen) atoms. The average molecular weight is 359 g/mol. The van der Waals surface area contributed by atoms with E-state index in [-0.39, 0.29) is 30.1 Å². The molecular formula is C20H23F2N3O. The van der Waals surface area contributed by atoms with E-state index in [0.29, 0.717) is 19.5 Å². The summed E-state index contributed by atoms with van der Waals surface area (Å²) in [5, 5.41) is 6.21. The summed E-state index contributed by atoms with van der Waals surface area (Å²) in [4.78, 5) is 14.4. The van der Waals surface area contributed by atoms with Crippen LogP contribution in [0.4, 0.5) is 8.78 Å². The molecule has 6 heteroatoms. The van der Waals surface area contributed by atoms with Crippen molar-refractivity contribution in [3.05, 3.63) is 71.3 Å². The van der Waals surface area contributed by atoms with Gasteiger partial charge in [0, 0.05) is 32.2 Å². The molecule has 0 bridgehead atoms. The van der Waals surface area contributed by atoms with Gasteiger partial charge in [0.1, 0.15) is 11.6 Å². The Morgan fingerprint density at radius 1 is 1.15 bits per heavy atom. The van der Waals surface area contributed by atoms with Gasteiger partial charge in [-0.3, -0.25) is 9.69 Å². The maximum absolute atomic E-state index is 13.5. The molecule has 1 aliphatic rings. The van der Waals surface area contributed by atoms with Gasteiger partial charge in [0.25, 0.3) is 0 Å². The Labute approximate surface area is 152 Å². The van der Waals surface area contributed by atoms with Crippen molar-refractivity contribution in [3.63, 3.8) is 0 Å². The van der Waals surface area contributed by atoms with Crippen molar-refractivity contribution < 1.29 is 13.6 Å². The molecule has 0 spiro atoms. The third-order valence-electron chi connectivity index (χ3n) is 4.58. The van der Waals surface area contributed by atoms with Crippen molar-refractivity contribution in [2.24, 2.45) is 0 Å². The summed E-state index contributed by atoms with van der Waals surface area (Å²) in [5.41, 5.74) is 1.85. The number of nitrogens with one attached hydrogen (secondary N) is 2. The molecule has 1 saturated heterocycles. The van der Waals surface area contributed by atoms with E-state index in [4.69, 9.17) is 0 Å². The van der Waals surface area contributed by atoms with E-state index < -0.39 is 0 Å². The molecule has 2 N–H and O–H groups in total. The van der Waals surface area contributed by atoms with Crippen molar-refractivity contribution in [1.29, 1.82) is 0 Å². The third-order valence-corrected chi connectivity index (χ3v) is 4.58. The lowest BCUT2D eigenvalue weighted by Gasteiger charge is -2.36. The standard InChI is InChI=1S/C20H23F2N3O/c21-17-6-4-15(5-7-17)8-9-24-20(26)14-25-11-10-23-13-19(25)16-2-1-3-18(22)12-16/h1-7,12,19,23H,8-11,13-14H2,(H,24,26). The Bertz CT molecular complexity index is 736. The second-order valence-corrected chi connectivity index (χ2v) is 6.47. The molecule has 1 atom stereocenters. The number of carbonyl (C=O) groups excluding carboxylic acids is 1. The molecule has 2 aromatic carbocycles. The minimum Gasteiger partial charge on any atom is -0.355 e. The summed E-state index contributed by atoms with van der Waals surface area (Å²) in [5.74, 6) is -0.591. The van der Waals surface area contributed by atoms with Crippen LogP contribution in [-0.2, 0) is 11.2 Å². The fourth-order valence-electron chi connectivity index (χ4n) is 3.22. The molecule has 0 saturated carbocycles. The number of amides is 1. The van der Waals surface area contributed by atoms with Gasteiger partial charge in [-0.15, -0.1) is 0 Å². The van der Waals surface area contributed by atoms with E-state index in [2.05, 4.69) is 15.5 Å². The van der Waals surface area contributed by atoms with Crippen LogP contribution in [0.5, 0.6) is 0 Å². The second kappa shape index (κ2) is 8.87. The highest BCUT2D eigenvalue weighted by Crippen LogP contribution is 2.22. The van der Waals surface area contributed by atoms with Crippen molar-refractivity contribution >= 4 is 5.91 Å². The van der Waals surface area contributed by atoms with Crippen LogP contribution < -0.4 is 10.6 Å². The lowest BCUT2D eigenvalue weighted by Crippen LogP contribution is -2.49. The van der Waals surface area contributed by atoms with Crippen LogP contribution in [0, 0.1) is 11.6 Å². The minimum absolute atomic E-state index is 0.0256. The van der Waals surface area contributed by atoms with Gasteiger partial charge in [-0.2, -0.15) is 0 Å². The van der Waals surface area contributed by atoms with Gasteiger partial charge < -0.3 is 10.6 Å². The number of nitrogens with zero attached hydrogens (tertiary/aromatic N) is 1. The number of piperazine rings is 1. The molecule has 138 valence electrons. The molecule has 0 aromatic heterocycles. The average Bonchev–Trinajstić information content (AvgIpc) is 2.64. The fourth-order valence-corrected chi connectivity index (χ4v) is 3.22. The number of rotatable bonds is 6. The van der Waals surface area contributed by atoms with Crippen LogP contribution in [0.2, 0.25) is 0 Å². The molecule has 1 amide bonds. The summed E-state index contributed by atoms with van der Waals surface area (Å²) in [7, 11) is 0. The first-order valence-corrected chi connectivity index (χ1v) is 8.83. The summed E-state index contributed by atoms with van der Waals surface area (Å²) in [6.07, 6.45) is 0.654. The highest BCUT2D eigenvalue weighted by molar-refractivity contribution is 5.78. The topological polar surface area (TPSA) is 44.4 Å². The van der Waals surface area contributed by atoms with Gasteiger partial charge in [0.2, 0.25) is 5.91 Å². The number of benzene rings is 2. The molecule has 2 aromatic rings. The lowest BCUT2D eigenvalue weighted by atomic mass is 10.0. The first-order chi connectivity index (χ1) is 12.6. The predicted octanol–water partition coefficient (Wildman–Crippen LogP) is 2.27. The van der Waals surface area contributed by atoms with Gasteiger partial charge in [-0.25, -0.2) is 8.78 Å². The Morgan fingerprint density at radius 2 is 1.96 bits per heavy atom. The fraction of sp³-hybridized carbons (Fsp3) is 0.350. The van der Waals surface area contributed by atoms with Crippen molar-refractivity contribution in [1.82, 2.24) is 15.5 Å². The Hall–Kier alpha value is -2.31. The Morgan fingerprint density at radius 3 is 2.73 bits per heavy atom. The van der Waals surface area contributed by atoms with E-state index in [1.807, 2.05) is 6.07 Å². The van der Waals surface area contributed by atoms with Crippen molar-refractivity contribution in [2.75, 3.05) is 32.7 Å². The van der Waals surface area contributed by atoms with Gasteiger partial charge in [-0.05, 0) is 41.8 Å². The quantitative estimate of drug-likeness (QED) is 0.832. The van der Waals surface area contributed by atoms with Crippen LogP contribution in [0.15, 0.2) is 48.5 Å². The predicted molar refractivity (Wildman–Crippen MR) is 96.7 cm³/mol. The maximum Gasteiger partial charge on any atom is 0.234 e. The van der Waals surface area contributed by atoms with E-state index in [9.17, 15) is 13.6 Å². The molecule has 4 nitrogen and oxygen atoms in total. The zero-order chi connectivity index (χ0) is 18.4. The molecule has 1 heterocycles. The normalized spacial score (nSPS) is 17.8. The summed E-state index contributed by atoms with van der Waals surface area (Å²) in [6, 6.07) is 12.8. The molecule has 1 aliphatic heterocycles. The number of halogens is 2. The van der Waals surface area contributed by atoms with Crippen molar-refractivity contribution in [2.45, 2.75) is 12.5 Å². The number of hydrogen-bond donors (Lipinski definition) is 2. The maximum atomic E-state index is 13.5. The lowest BCUT2D eigenvalue weighted by molar-refractivity contribution is -0.123. The van der Waals surface area contributed by atoms with Crippen LogP contribution in [0.1, 0.15) is 17.2 Å². The first-order valence-electron chi connectivity index (χ1n) is 8.83. The van der Waals surface area contributed by atoms with E-state index in [1.165, 1.54) is 24.3 Å². The Balaban J connectivity index is 1.52. The van der Waals surface area contributed by atoms with Gasteiger partial charge >= 0.3 is 0 Å². The molecular weight excluding hydrogens is 336 g/mol. The summed E-state index contributed by atoms with van der Waals surface area (Å²) < 4.78 is 26.4. The van der Waals surface area contributed by atoms with Gasteiger partial charge in [0.05, 0.1) is 6.54 Å². The molecule has 0 radical (unpaired) electrons. The monoisotopic (exact) mass is 359 g/mol. The minimum atomic E-state index is -0.267. The van der Waals surface area contributed by atoms with Crippen LogP contribution in [0.25, 0.3) is 0 Å². The highest BCUT2D eigenvalue weighted by atomic mass is 19.1. The van der Waals surface area contributed by atoms with E-state index >= 15 is 0 Å². The zero-order valence-corrected chi connectivity index (χ0v) is 14.6. The largest absolute Gasteiger partial charge is 0.355 e. The van der Waals surface area contributed by atoms with Crippen LogP contribution in [-0.4, -0.2) is 43.5 Å². The Kier molecular flexibility index (Phi) is 6.30. The highest BCUT2D eigenvalue weighted by Gasteiger charge is 2.25. The van der Waals surface area contributed by atoms with E-state index in [1.54, 1.807) is 18.2 Å². The number of hydrogen-bond acceptors (Lipinski definition) is 3. The van der Waals surface area contributed by atoms with Gasteiger partial charge in [0.15, 0.2) is 0 Å².